The summed E-state index contributed by atoms with van der Waals surface area (Å²) in [6.45, 7) is 0. The van der Waals surface area contributed by atoms with E-state index in [0.717, 1.165) is 33.2 Å². The van der Waals surface area contributed by atoms with Crippen molar-refractivity contribution in [3.8, 4) is 0 Å². The van der Waals surface area contributed by atoms with Gasteiger partial charge in [-0.25, -0.2) is 0 Å². The van der Waals surface area contributed by atoms with Crippen molar-refractivity contribution in [2.75, 3.05) is 5.32 Å². The number of halogens is 1. The third-order valence-corrected chi connectivity index (χ3v) is 4.36. The van der Waals surface area contributed by atoms with E-state index in [0.29, 0.717) is 0 Å². The van der Waals surface area contributed by atoms with Crippen molar-refractivity contribution in [2.24, 2.45) is 0 Å². The summed E-state index contributed by atoms with van der Waals surface area (Å²) in [7, 11) is 0. The summed E-state index contributed by atoms with van der Waals surface area (Å²) < 4.78 is 0. The molecule has 3 rings (SSSR count). The summed E-state index contributed by atoms with van der Waals surface area (Å²) >= 11 is 7.69. The molecule has 0 spiro atoms. The van der Waals surface area contributed by atoms with Gasteiger partial charge in [-0.15, -0.1) is 11.8 Å². The summed E-state index contributed by atoms with van der Waals surface area (Å²) in [6.07, 6.45) is 0. The summed E-state index contributed by atoms with van der Waals surface area (Å²) in [4.78, 5) is 11.9. The highest BCUT2D eigenvalue weighted by atomic mass is 35.5. The number of amides is 1. The summed E-state index contributed by atoms with van der Waals surface area (Å²) in [5.41, 5.74) is 3.63. The van der Waals surface area contributed by atoms with Crippen molar-refractivity contribution in [2.45, 2.75) is 5.75 Å². The third-order valence-electron chi connectivity index (χ3n) is 3.11. The van der Waals surface area contributed by atoms with Gasteiger partial charge in [0, 0.05) is 22.0 Å². The topological polar surface area (TPSA) is 29.1 Å². The number of hydrogen-bond donors (Lipinski definition) is 1. The zero-order valence-corrected chi connectivity index (χ0v) is 12.2. The van der Waals surface area contributed by atoms with Crippen LogP contribution in [-0.4, -0.2) is 5.91 Å². The van der Waals surface area contributed by atoms with Crippen molar-refractivity contribution >= 4 is 40.5 Å². The Hall–Kier alpha value is -1.71. The number of benzene rings is 2. The quantitative estimate of drug-likeness (QED) is 0.842. The predicted octanol–water partition coefficient (Wildman–Crippen LogP) is 4.57. The lowest BCUT2D eigenvalue weighted by molar-refractivity contribution is -0.110. The number of anilines is 1. The Balaban J connectivity index is 1.77. The average molecular weight is 302 g/mol. The number of hydrogen-bond acceptors (Lipinski definition) is 2. The SMILES string of the molecule is O=C1Nc2ccccc2C1=CSCc1ccccc1Cl. The number of para-hydroxylation sites is 1. The minimum atomic E-state index is -0.0436. The van der Waals surface area contributed by atoms with E-state index < -0.39 is 0 Å². The molecule has 1 aliphatic rings. The minimum Gasteiger partial charge on any atom is -0.321 e. The van der Waals surface area contributed by atoms with Crippen LogP contribution in [-0.2, 0) is 10.5 Å². The molecule has 0 atom stereocenters. The summed E-state index contributed by atoms with van der Waals surface area (Å²) in [6, 6.07) is 15.5. The molecule has 1 N–H and O–H groups in total. The molecular weight excluding hydrogens is 290 g/mol. The van der Waals surface area contributed by atoms with Gasteiger partial charge in [0.2, 0.25) is 0 Å². The van der Waals surface area contributed by atoms with Crippen LogP contribution in [0.4, 0.5) is 5.69 Å². The Bertz CT molecular complexity index is 696. The van der Waals surface area contributed by atoms with Gasteiger partial charge in [0.1, 0.15) is 0 Å². The molecule has 0 radical (unpaired) electrons. The van der Waals surface area contributed by atoms with Gasteiger partial charge in [-0.1, -0.05) is 48.0 Å². The lowest BCUT2D eigenvalue weighted by Gasteiger charge is -2.01. The summed E-state index contributed by atoms with van der Waals surface area (Å²) in [5.74, 6) is 0.705. The normalized spacial score (nSPS) is 15.2. The van der Waals surface area contributed by atoms with Crippen LogP contribution >= 0.6 is 23.4 Å². The van der Waals surface area contributed by atoms with Gasteiger partial charge >= 0.3 is 0 Å². The molecule has 0 saturated carbocycles. The van der Waals surface area contributed by atoms with Crippen LogP contribution in [0.25, 0.3) is 5.57 Å². The van der Waals surface area contributed by atoms with Crippen LogP contribution in [0.1, 0.15) is 11.1 Å². The monoisotopic (exact) mass is 301 g/mol. The number of rotatable bonds is 3. The van der Waals surface area contributed by atoms with Crippen molar-refractivity contribution in [1.29, 1.82) is 0 Å². The lowest BCUT2D eigenvalue weighted by Crippen LogP contribution is -2.03. The highest BCUT2D eigenvalue weighted by Crippen LogP contribution is 2.33. The van der Waals surface area contributed by atoms with Gasteiger partial charge in [0.05, 0.1) is 5.57 Å². The molecule has 2 aromatic rings. The minimum absolute atomic E-state index is 0.0436. The molecule has 2 nitrogen and oxygen atoms in total. The molecule has 1 aliphatic heterocycles. The van der Waals surface area contributed by atoms with E-state index in [1.54, 1.807) is 11.8 Å². The maximum Gasteiger partial charge on any atom is 0.256 e. The van der Waals surface area contributed by atoms with Crippen LogP contribution in [0, 0.1) is 0 Å². The number of carbonyl (C=O) groups excluding carboxylic acids is 1. The Morgan fingerprint density at radius 1 is 1.10 bits per heavy atom. The van der Waals surface area contributed by atoms with Gasteiger partial charge in [0.15, 0.2) is 0 Å². The van der Waals surface area contributed by atoms with Gasteiger partial charge in [-0.3, -0.25) is 4.79 Å². The van der Waals surface area contributed by atoms with Crippen LogP contribution < -0.4 is 5.32 Å². The van der Waals surface area contributed by atoms with Gasteiger partial charge in [-0.05, 0) is 23.1 Å². The number of thioether (sulfide) groups is 1. The standard InChI is InChI=1S/C16H12ClNOS/c17-14-7-3-1-5-11(14)9-20-10-13-12-6-2-4-8-15(12)18-16(13)19/h1-8,10H,9H2,(H,18,19). The number of nitrogens with one attached hydrogen (secondary N) is 1. The zero-order chi connectivity index (χ0) is 13.9. The van der Waals surface area contributed by atoms with E-state index in [2.05, 4.69) is 5.32 Å². The Labute approximate surface area is 126 Å². The van der Waals surface area contributed by atoms with E-state index in [4.69, 9.17) is 11.6 Å². The second kappa shape index (κ2) is 5.73. The second-order valence-corrected chi connectivity index (χ2v) is 5.70. The highest BCUT2D eigenvalue weighted by molar-refractivity contribution is 8.01. The maximum atomic E-state index is 11.9. The number of carbonyl (C=O) groups is 1. The highest BCUT2D eigenvalue weighted by Gasteiger charge is 2.22. The van der Waals surface area contributed by atoms with Crippen molar-refractivity contribution < 1.29 is 4.79 Å². The fraction of sp³-hybridized carbons (Fsp3) is 0.0625. The van der Waals surface area contributed by atoms with E-state index in [9.17, 15) is 4.79 Å². The molecule has 0 aromatic heterocycles. The fourth-order valence-electron chi connectivity index (χ4n) is 2.09. The van der Waals surface area contributed by atoms with Crippen molar-refractivity contribution in [1.82, 2.24) is 0 Å². The molecule has 100 valence electrons. The van der Waals surface area contributed by atoms with Crippen LogP contribution in [0.15, 0.2) is 53.9 Å². The molecule has 1 amide bonds. The first kappa shape index (κ1) is 13.3. The first-order valence-corrected chi connectivity index (χ1v) is 7.64. The summed E-state index contributed by atoms with van der Waals surface area (Å²) in [5, 5.41) is 5.53. The van der Waals surface area contributed by atoms with Gasteiger partial charge in [-0.2, -0.15) is 0 Å². The molecule has 0 bridgehead atoms. The van der Waals surface area contributed by atoms with Crippen LogP contribution in [0.3, 0.4) is 0 Å². The van der Waals surface area contributed by atoms with Crippen molar-refractivity contribution in [3.63, 3.8) is 0 Å². The smallest absolute Gasteiger partial charge is 0.256 e. The van der Waals surface area contributed by atoms with Gasteiger partial charge < -0.3 is 5.32 Å². The first-order valence-electron chi connectivity index (χ1n) is 6.21. The largest absolute Gasteiger partial charge is 0.321 e. The molecule has 0 saturated heterocycles. The lowest BCUT2D eigenvalue weighted by atomic mass is 10.1. The van der Waals surface area contributed by atoms with Crippen molar-refractivity contribution in [3.05, 3.63) is 70.1 Å². The number of fused-ring (bicyclic) bond motifs is 1. The molecule has 0 aliphatic carbocycles. The predicted molar refractivity (Wildman–Crippen MR) is 85.8 cm³/mol. The zero-order valence-electron chi connectivity index (χ0n) is 10.6. The van der Waals surface area contributed by atoms with E-state index in [1.165, 1.54) is 0 Å². The third kappa shape index (κ3) is 2.60. The Morgan fingerprint density at radius 2 is 1.85 bits per heavy atom. The molecule has 2 aromatic carbocycles. The van der Waals surface area contributed by atoms with Gasteiger partial charge in [0.25, 0.3) is 5.91 Å². The maximum absolute atomic E-state index is 11.9. The Morgan fingerprint density at radius 3 is 2.70 bits per heavy atom. The van der Waals surface area contributed by atoms with E-state index >= 15 is 0 Å². The molecule has 4 heteroatoms. The van der Waals surface area contributed by atoms with Crippen LogP contribution in [0.5, 0.6) is 0 Å². The van der Waals surface area contributed by atoms with Crippen LogP contribution in [0.2, 0.25) is 5.02 Å². The molecule has 20 heavy (non-hydrogen) atoms. The molecule has 0 unspecified atom stereocenters. The molecule has 1 heterocycles. The van der Waals surface area contributed by atoms with E-state index in [1.807, 2.05) is 53.9 Å². The average Bonchev–Trinajstić information content (AvgIpc) is 2.77. The molecular formula is C16H12ClNOS. The van der Waals surface area contributed by atoms with E-state index in [-0.39, 0.29) is 5.91 Å². The molecule has 0 fully saturated rings. The second-order valence-electron chi connectivity index (χ2n) is 4.43. The fourth-order valence-corrected chi connectivity index (χ4v) is 3.28. The Kier molecular flexibility index (Phi) is 3.81. The first-order chi connectivity index (χ1) is 9.75.